The molecule has 6 heteroatoms. The van der Waals surface area contributed by atoms with Gasteiger partial charge in [0.25, 0.3) is 0 Å². The number of nitrogens with zero attached hydrogens (tertiary/aromatic N) is 2. The van der Waals surface area contributed by atoms with E-state index in [2.05, 4.69) is 11.4 Å². The summed E-state index contributed by atoms with van der Waals surface area (Å²) in [5.41, 5.74) is 4.92. The lowest BCUT2D eigenvalue weighted by atomic mass is 9.72. The van der Waals surface area contributed by atoms with Crippen LogP contribution in [0.25, 0.3) is 0 Å². The SMILES string of the molecule is NC(=O)C1C[C@]2(C[CH]CCC2)C(=O)N1c1ccc(F)cn1. The molecule has 0 bridgehead atoms. The molecule has 1 unspecified atom stereocenters. The molecular formula is C15H17FN3O2. The van der Waals surface area contributed by atoms with Crippen LogP contribution in [0.1, 0.15) is 32.1 Å². The summed E-state index contributed by atoms with van der Waals surface area (Å²) < 4.78 is 13.0. The molecule has 2 atom stereocenters. The van der Waals surface area contributed by atoms with Crippen LogP contribution in [-0.4, -0.2) is 22.8 Å². The molecule has 2 fully saturated rings. The number of pyridine rings is 1. The van der Waals surface area contributed by atoms with Crippen molar-refractivity contribution in [1.29, 1.82) is 0 Å². The lowest BCUT2D eigenvalue weighted by molar-refractivity contribution is -0.126. The second-order valence-electron chi connectivity index (χ2n) is 5.80. The summed E-state index contributed by atoms with van der Waals surface area (Å²) in [7, 11) is 0. The minimum atomic E-state index is -0.707. The molecule has 0 aromatic carbocycles. The van der Waals surface area contributed by atoms with Crippen molar-refractivity contribution in [2.24, 2.45) is 11.1 Å². The lowest BCUT2D eigenvalue weighted by Gasteiger charge is -2.30. The number of hydrogen-bond donors (Lipinski definition) is 1. The molecule has 1 saturated carbocycles. The van der Waals surface area contributed by atoms with E-state index in [1.54, 1.807) is 0 Å². The molecule has 2 heterocycles. The Morgan fingerprint density at radius 3 is 2.86 bits per heavy atom. The minimum Gasteiger partial charge on any atom is -0.368 e. The van der Waals surface area contributed by atoms with E-state index in [0.717, 1.165) is 25.5 Å². The van der Waals surface area contributed by atoms with Crippen LogP contribution in [0.5, 0.6) is 0 Å². The highest BCUT2D eigenvalue weighted by atomic mass is 19.1. The summed E-state index contributed by atoms with van der Waals surface area (Å²) in [4.78, 5) is 29.9. The Balaban J connectivity index is 1.98. The maximum Gasteiger partial charge on any atom is 0.240 e. The molecule has 111 valence electrons. The fourth-order valence-corrected chi connectivity index (χ4v) is 3.39. The number of hydrogen-bond acceptors (Lipinski definition) is 3. The Morgan fingerprint density at radius 2 is 2.29 bits per heavy atom. The third-order valence-corrected chi connectivity index (χ3v) is 4.45. The summed E-state index contributed by atoms with van der Waals surface area (Å²) in [6, 6.07) is 1.93. The molecule has 2 amide bonds. The highest BCUT2D eigenvalue weighted by Gasteiger charge is 2.54. The van der Waals surface area contributed by atoms with Crippen molar-refractivity contribution in [3.05, 3.63) is 30.6 Å². The molecule has 1 aromatic heterocycles. The molecule has 1 aliphatic heterocycles. The van der Waals surface area contributed by atoms with Crippen molar-refractivity contribution in [3.8, 4) is 0 Å². The fourth-order valence-electron chi connectivity index (χ4n) is 3.39. The van der Waals surface area contributed by atoms with E-state index < -0.39 is 23.2 Å². The van der Waals surface area contributed by atoms with Crippen molar-refractivity contribution in [1.82, 2.24) is 4.98 Å². The first kappa shape index (κ1) is 14.0. The summed E-state index contributed by atoms with van der Waals surface area (Å²) in [6.45, 7) is 0. The zero-order valence-electron chi connectivity index (χ0n) is 11.6. The number of aromatic nitrogens is 1. The fraction of sp³-hybridized carbons (Fsp3) is 0.467. The monoisotopic (exact) mass is 290 g/mol. The summed E-state index contributed by atoms with van der Waals surface area (Å²) in [5.74, 6) is -0.868. The lowest BCUT2D eigenvalue weighted by Crippen LogP contribution is -2.43. The van der Waals surface area contributed by atoms with Crippen molar-refractivity contribution in [2.75, 3.05) is 4.90 Å². The second-order valence-corrected chi connectivity index (χ2v) is 5.80. The minimum absolute atomic E-state index is 0.124. The maximum atomic E-state index is 13.0. The number of carbonyl (C=O) groups is 2. The van der Waals surface area contributed by atoms with Crippen LogP contribution >= 0.6 is 0 Å². The first-order valence-corrected chi connectivity index (χ1v) is 7.10. The second kappa shape index (κ2) is 5.09. The van der Waals surface area contributed by atoms with Gasteiger partial charge in [0, 0.05) is 0 Å². The number of carbonyl (C=O) groups excluding carboxylic acids is 2. The number of primary amides is 1. The molecule has 1 saturated heterocycles. The third kappa shape index (κ3) is 2.28. The van der Waals surface area contributed by atoms with E-state index in [1.807, 2.05) is 0 Å². The quantitative estimate of drug-likeness (QED) is 0.898. The Kier molecular flexibility index (Phi) is 3.39. The van der Waals surface area contributed by atoms with Crippen LogP contribution < -0.4 is 10.6 Å². The number of anilines is 1. The molecular weight excluding hydrogens is 273 g/mol. The van der Waals surface area contributed by atoms with Crippen molar-refractivity contribution in [2.45, 2.75) is 38.1 Å². The summed E-state index contributed by atoms with van der Waals surface area (Å²) in [5, 5.41) is 0. The smallest absolute Gasteiger partial charge is 0.240 e. The number of nitrogens with two attached hydrogens (primary N) is 1. The standard InChI is InChI=1S/C15H17FN3O2/c16-10-4-5-12(18-9-10)19-11(13(17)20)8-15(14(19)21)6-2-1-3-7-15/h2,4-5,9,11H,1,3,6-8H2,(H2,17,20)/t11?,15-/m1/s1. The Labute approximate surface area is 122 Å². The van der Waals surface area contributed by atoms with Crippen molar-refractivity contribution >= 4 is 17.6 Å². The van der Waals surface area contributed by atoms with Gasteiger partial charge in [-0.2, -0.15) is 0 Å². The first-order chi connectivity index (χ1) is 10.0. The van der Waals surface area contributed by atoms with Crippen LogP contribution in [-0.2, 0) is 9.59 Å². The van der Waals surface area contributed by atoms with E-state index in [-0.39, 0.29) is 11.7 Å². The summed E-state index contributed by atoms with van der Waals surface area (Å²) in [6.07, 6.45) is 6.89. The molecule has 1 radical (unpaired) electrons. The number of halogens is 1. The maximum absolute atomic E-state index is 13.0. The molecule has 1 spiro atoms. The van der Waals surface area contributed by atoms with Gasteiger partial charge in [-0.25, -0.2) is 9.37 Å². The van der Waals surface area contributed by atoms with Crippen LogP contribution in [0.4, 0.5) is 10.2 Å². The average molecular weight is 290 g/mol. The predicted octanol–water partition coefficient (Wildman–Crippen LogP) is 1.58. The van der Waals surface area contributed by atoms with Crippen molar-refractivity contribution < 1.29 is 14.0 Å². The first-order valence-electron chi connectivity index (χ1n) is 7.10. The van der Waals surface area contributed by atoms with Gasteiger partial charge in [0.15, 0.2) is 0 Å². The van der Waals surface area contributed by atoms with E-state index in [4.69, 9.17) is 5.73 Å². The van der Waals surface area contributed by atoms with Crippen LogP contribution in [0, 0.1) is 17.7 Å². The van der Waals surface area contributed by atoms with E-state index >= 15 is 0 Å². The van der Waals surface area contributed by atoms with Gasteiger partial charge in [0.05, 0.1) is 11.6 Å². The molecule has 1 aromatic rings. The molecule has 5 nitrogen and oxygen atoms in total. The van der Waals surface area contributed by atoms with Gasteiger partial charge in [0.2, 0.25) is 11.8 Å². The molecule has 3 rings (SSSR count). The topological polar surface area (TPSA) is 76.3 Å². The molecule has 2 aliphatic rings. The number of rotatable bonds is 2. The van der Waals surface area contributed by atoms with Crippen LogP contribution in [0.15, 0.2) is 18.3 Å². The van der Waals surface area contributed by atoms with E-state index in [0.29, 0.717) is 12.8 Å². The highest BCUT2D eigenvalue weighted by molar-refractivity contribution is 6.06. The highest BCUT2D eigenvalue weighted by Crippen LogP contribution is 2.47. The van der Waals surface area contributed by atoms with Crippen LogP contribution in [0.3, 0.4) is 0 Å². The average Bonchev–Trinajstić information content (AvgIpc) is 2.75. The number of amides is 2. The predicted molar refractivity (Wildman–Crippen MR) is 74.5 cm³/mol. The van der Waals surface area contributed by atoms with Gasteiger partial charge in [-0.3, -0.25) is 14.5 Å². The van der Waals surface area contributed by atoms with Crippen LogP contribution in [0.2, 0.25) is 0 Å². The molecule has 2 N–H and O–H groups in total. The Hall–Kier alpha value is -1.98. The largest absolute Gasteiger partial charge is 0.368 e. The van der Waals surface area contributed by atoms with E-state index in [1.165, 1.54) is 17.0 Å². The zero-order valence-corrected chi connectivity index (χ0v) is 11.6. The van der Waals surface area contributed by atoms with Gasteiger partial charge in [-0.1, -0.05) is 12.8 Å². The Morgan fingerprint density at radius 1 is 1.48 bits per heavy atom. The van der Waals surface area contributed by atoms with Gasteiger partial charge in [-0.05, 0) is 37.8 Å². The summed E-state index contributed by atoms with van der Waals surface area (Å²) >= 11 is 0. The molecule has 1 aliphatic carbocycles. The van der Waals surface area contributed by atoms with E-state index in [9.17, 15) is 14.0 Å². The normalized spacial score (nSPS) is 24.5. The molecule has 21 heavy (non-hydrogen) atoms. The van der Waals surface area contributed by atoms with Crippen molar-refractivity contribution in [3.63, 3.8) is 0 Å². The van der Waals surface area contributed by atoms with Gasteiger partial charge >= 0.3 is 0 Å². The zero-order chi connectivity index (χ0) is 15.0. The Bertz CT molecular complexity index is 567. The van der Waals surface area contributed by atoms with Gasteiger partial charge < -0.3 is 5.73 Å². The third-order valence-electron chi connectivity index (χ3n) is 4.45. The van der Waals surface area contributed by atoms with Gasteiger partial charge in [-0.15, -0.1) is 0 Å². The van der Waals surface area contributed by atoms with Gasteiger partial charge in [0.1, 0.15) is 17.7 Å².